The number of rotatable bonds is 7. The lowest BCUT2D eigenvalue weighted by Crippen LogP contribution is -2.45. The molecule has 0 saturated carbocycles. The molecule has 0 aromatic heterocycles. The summed E-state index contributed by atoms with van der Waals surface area (Å²) >= 11 is 0. The van der Waals surface area contributed by atoms with Gasteiger partial charge in [0.25, 0.3) is 0 Å². The molecule has 1 unspecified atom stereocenters. The van der Waals surface area contributed by atoms with Crippen LogP contribution < -0.4 is 15.4 Å². The van der Waals surface area contributed by atoms with E-state index in [-0.39, 0.29) is 29.6 Å². The van der Waals surface area contributed by atoms with E-state index in [9.17, 15) is 0 Å². The Morgan fingerprint density at radius 2 is 1.89 bits per heavy atom. The van der Waals surface area contributed by atoms with Crippen molar-refractivity contribution in [3.63, 3.8) is 0 Å². The van der Waals surface area contributed by atoms with E-state index < -0.39 is 0 Å². The lowest BCUT2D eigenvalue weighted by molar-refractivity contribution is 0.0243. The standard InChI is InChI=1S/C22H29N3O2.HI/c1-22(12-7-13-27-22)17-25-21(23-2)24-15-18-8-6-9-19(14-18)16-26-20-10-4-3-5-11-20;/h3-6,8-11,14H,7,12-13,15-17H2,1-2H3,(H2,23,24,25);1H. The SMILES string of the molecule is CN=C(NCc1cccc(COc2ccccc2)c1)NCC1(C)CCCO1.I. The van der Waals surface area contributed by atoms with Crippen LogP contribution in [0.1, 0.15) is 30.9 Å². The summed E-state index contributed by atoms with van der Waals surface area (Å²) in [5.74, 6) is 1.67. The van der Waals surface area contributed by atoms with Crippen LogP contribution in [0.5, 0.6) is 5.75 Å². The highest BCUT2D eigenvalue weighted by molar-refractivity contribution is 14.0. The fourth-order valence-corrected chi connectivity index (χ4v) is 3.17. The van der Waals surface area contributed by atoms with Gasteiger partial charge in [-0.1, -0.05) is 42.5 Å². The molecule has 1 aliphatic heterocycles. The van der Waals surface area contributed by atoms with Crippen molar-refractivity contribution in [3.05, 3.63) is 65.7 Å². The van der Waals surface area contributed by atoms with Gasteiger partial charge in [0.2, 0.25) is 0 Å². The second-order valence-electron chi connectivity index (χ2n) is 7.10. The van der Waals surface area contributed by atoms with E-state index >= 15 is 0 Å². The molecule has 0 amide bonds. The number of nitrogens with one attached hydrogen (secondary N) is 2. The Morgan fingerprint density at radius 3 is 2.61 bits per heavy atom. The summed E-state index contributed by atoms with van der Waals surface area (Å²) in [5.41, 5.74) is 2.25. The van der Waals surface area contributed by atoms with E-state index in [0.717, 1.165) is 43.3 Å². The third-order valence-electron chi connectivity index (χ3n) is 4.75. The van der Waals surface area contributed by atoms with Crippen molar-refractivity contribution in [1.29, 1.82) is 0 Å². The van der Waals surface area contributed by atoms with Crippen molar-refractivity contribution in [2.75, 3.05) is 20.2 Å². The normalized spacial score (nSPS) is 19.0. The van der Waals surface area contributed by atoms with Crippen molar-refractivity contribution in [2.45, 2.75) is 38.5 Å². The minimum absolute atomic E-state index is 0. The van der Waals surface area contributed by atoms with Crippen molar-refractivity contribution in [1.82, 2.24) is 10.6 Å². The number of benzene rings is 2. The molecule has 2 N–H and O–H groups in total. The molecule has 0 aliphatic carbocycles. The summed E-state index contributed by atoms with van der Waals surface area (Å²) in [6.07, 6.45) is 2.21. The molecule has 3 rings (SSSR count). The van der Waals surface area contributed by atoms with Gasteiger partial charge in [0.1, 0.15) is 12.4 Å². The Balaban J connectivity index is 0.00000280. The number of ether oxygens (including phenoxy) is 2. The van der Waals surface area contributed by atoms with E-state index in [1.165, 1.54) is 5.56 Å². The summed E-state index contributed by atoms with van der Waals surface area (Å²) in [6.45, 7) is 5.02. The molecule has 152 valence electrons. The first kappa shape index (κ1) is 22.5. The van der Waals surface area contributed by atoms with Crippen molar-refractivity contribution in [2.24, 2.45) is 4.99 Å². The van der Waals surface area contributed by atoms with E-state index in [2.05, 4.69) is 46.8 Å². The molecule has 1 atom stereocenters. The molecule has 1 saturated heterocycles. The van der Waals surface area contributed by atoms with Crippen LogP contribution in [0.2, 0.25) is 0 Å². The summed E-state index contributed by atoms with van der Waals surface area (Å²) < 4.78 is 11.6. The van der Waals surface area contributed by atoms with Gasteiger partial charge >= 0.3 is 0 Å². The van der Waals surface area contributed by atoms with Crippen LogP contribution in [0.3, 0.4) is 0 Å². The third kappa shape index (κ3) is 6.98. The van der Waals surface area contributed by atoms with E-state index in [0.29, 0.717) is 13.2 Å². The van der Waals surface area contributed by atoms with Gasteiger partial charge in [-0.3, -0.25) is 4.99 Å². The topological polar surface area (TPSA) is 54.9 Å². The summed E-state index contributed by atoms with van der Waals surface area (Å²) in [7, 11) is 1.79. The van der Waals surface area contributed by atoms with Crippen LogP contribution in [-0.4, -0.2) is 31.8 Å². The fourth-order valence-electron chi connectivity index (χ4n) is 3.17. The number of nitrogens with zero attached hydrogens (tertiary/aromatic N) is 1. The van der Waals surface area contributed by atoms with Gasteiger partial charge in [0.15, 0.2) is 5.96 Å². The predicted octanol–water partition coefficient (Wildman–Crippen LogP) is 4.12. The summed E-state index contributed by atoms with van der Waals surface area (Å²) in [5, 5.41) is 6.74. The second-order valence-corrected chi connectivity index (χ2v) is 7.10. The zero-order chi connectivity index (χ0) is 19.0. The Morgan fingerprint density at radius 1 is 1.11 bits per heavy atom. The van der Waals surface area contributed by atoms with Crippen LogP contribution in [0.4, 0.5) is 0 Å². The molecule has 2 aromatic carbocycles. The average Bonchev–Trinajstić information content (AvgIpc) is 3.14. The lowest BCUT2D eigenvalue weighted by Gasteiger charge is -2.24. The Kier molecular flexibility index (Phi) is 9.05. The highest BCUT2D eigenvalue weighted by Crippen LogP contribution is 2.23. The molecular formula is C22H30IN3O2. The second kappa shape index (κ2) is 11.3. The summed E-state index contributed by atoms with van der Waals surface area (Å²) in [6, 6.07) is 18.3. The van der Waals surface area contributed by atoms with Crippen molar-refractivity contribution >= 4 is 29.9 Å². The van der Waals surface area contributed by atoms with Crippen molar-refractivity contribution in [3.8, 4) is 5.75 Å². The molecule has 2 aromatic rings. The van der Waals surface area contributed by atoms with Gasteiger partial charge < -0.3 is 20.1 Å². The van der Waals surface area contributed by atoms with Crippen molar-refractivity contribution < 1.29 is 9.47 Å². The van der Waals surface area contributed by atoms with Gasteiger partial charge in [-0.05, 0) is 43.0 Å². The number of aliphatic imine (C=N–C) groups is 1. The average molecular weight is 495 g/mol. The Hall–Kier alpha value is -1.80. The Bertz CT molecular complexity index is 746. The first-order valence-corrected chi connectivity index (χ1v) is 9.51. The number of hydrogen-bond donors (Lipinski definition) is 2. The van der Waals surface area contributed by atoms with Crippen LogP contribution in [0.25, 0.3) is 0 Å². The number of halogens is 1. The van der Waals surface area contributed by atoms with E-state index in [1.807, 2.05) is 30.3 Å². The highest BCUT2D eigenvalue weighted by Gasteiger charge is 2.29. The van der Waals surface area contributed by atoms with Gasteiger partial charge in [-0.2, -0.15) is 0 Å². The van der Waals surface area contributed by atoms with Crippen LogP contribution in [-0.2, 0) is 17.9 Å². The number of para-hydroxylation sites is 1. The minimum Gasteiger partial charge on any atom is -0.489 e. The van der Waals surface area contributed by atoms with E-state index in [1.54, 1.807) is 7.05 Å². The molecule has 1 aliphatic rings. The highest BCUT2D eigenvalue weighted by atomic mass is 127. The molecular weight excluding hydrogens is 465 g/mol. The number of guanidine groups is 1. The maximum absolute atomic E-state index is 5.83. The Labute approximate surface area is 184 Å². The first-order chi connectivity index (χ1) is 13.2. The third-order valence-corrected chi connectivity index (χ3v) is 4.75. The zero-order valence-corrected chi connectivity index (χ0v) is 18.9. The largest absolute Gasteiger partial charge is 0.489 e. The van der Waals surface area contributed by atoms with Crippen LogP contribution >= 0.6 is 24.0 Å². The smallest absolute Gasteiger partial charge is 0.191 e. The quantitative estimate of drug-likeness (QED) is 0.345. The molecule has 1 fully saturated rings. The predicted molar refractivity (Wildman–Crippen MR) is 124 cm³/mol. The molecule has 0 radical (unpaired) electrons. The molecule has 28 heavy (non-hydrogen) atoms. The van der Waals surface area contributed by atoms with Crippen LogP contribution in [0, 0.1) is 0 Å². The van der Waals surface area contributed by atoms with Crippen LogP contribution in [0.15, 0.2) is 59.6 Å². The monoisotopic (exact) mass is 495 g/mol. The van der Waals surface area contributed by atoms with Gasteiger partial charge in [0, 0.05) is 26.7 Å². The molecule has 0 spiro atoms. The zero-order valence-electron chi connectivity index (χ0n) is 16.6. The minimum atomic E-state index is -0.0910. The maximum atomic E-state index is 5.83. The molecule has 6 heteroatoms. The maximum Gasteiger partial charge on any atom is 0.191 e. The molecule has 5 nitrogen and oxygen atoms in total. The lowest BCUT2D eigenvalue weighted by atomic mass is 10.0. The fraction of sp³-hybridized carbons (Fsp3) is 0.409. The van der Waals surface area contributed by atoms with E-state index in [4.69, 9.17) is 9.47 Å². The summed E-state index contributed by atoms with van der Waals surface area (Å²) in [4.78, 5) is 4.31. The molecule has 0 bridgehead atoms. The van der Waals surface area contributed by atoms with Gasteiger partial charge in [0.05, 0.1) is 5.60 Å². The van der Waals surface area contributed by atoms with Gasteiger partial charge in [-0.15, -0.1) is 24.0 Å². The number of hydrogen-bond acceptors (Lipinski definition) is 3. The van der Waals surface area contributed by atoms with Gasteiger partial charge in [-0.25, -0.2) is 0 Å². The molecule has 1 heterocycles. The first-order valence-electron chi connectivity index (χ1n) is 9.51.